The summed E-state index contributed by atoms with van der Waals surface area (Å²) < 4.78 is 18.5. The Hall–Kier alpha value is -1.46. The molecule has 0 saturated heterocycles. The van der Waals surface area contributed by atoms with Crippen LogP contribution in [-0.4, -0.2) is 10.1 Å². The van der Waals surface area contributed by atoms with Crippen molar-refractivity contribution in [2.24, 2.45) is 5.73 Å². The minimum atomic E-state index is -0.457. The van der Waals surface area contributed by atoms with Gasteiger partial charge in [0.15, 0.2) is 5.82 Å². The first-order valence-electron chi connectivity index (χ1n) is 5.09. The maximum Gasteiger partial charge on any atom is 0.243 e. The van der Waals surface area contributed by atoms with Gasteiger partial charge in [0.2, 0.25) is 5.89 Å². The zero-order valence-corrected chi connectivity index (χ0v) is 9.91. The molecule has 0 bridgehead atoms. The molecular formula is C11H11ClFN3O. The highest BCUT2D eigenvalue weighted by atomic mass is 35.5. The zero-order valence-electron chi connectivity index (χ0n) is 9.15. The molecule has 1 aromatic carbocycles. The van der Waals surface area contributed by atoms with E-state index < -0.39 is 5.82 Å². The highest BCUT2D eigenvalue weighted by molar-refractivity contribution is 6.30. The summed E-state index contributed by atoms with van der Waals surface area (Å²) in [6, 6.07) is 4.46. The quantitative estimate of drug-likeness (QED) is 0.915. The second-order valence-corrected chi connectivity index (χ2v) is 4.13. The van der Waals surface area contributed by atoms with Crippen LogP contribution in [0.5, 0.6) is 0 Å². The molecule has 2 aromatic rings. The third-order valence-electron chi connectivity index (χ3n) is 2.25. The van der Waals surface area contributed by atoms with E-state index in [1.165, 1.54) is 6.07 Å². The van der Waals surface area contributed by atoms with E-state index in [9.17, 15) is 4.39 Å². The second-order valence-electron chi connectivity index (χ2n) is 3.73. The first-order valence-corrected chi connectivity index (χ1v) is 5.46. The summed E-state index contributed by atoms with van der Waals surface area (Å²) >= 11 is 5.68. The van der Waals surface area contributed by atoms with Gasteiger partial charge in [-0.05, 0) is 18.6 Å². The lowest BCUT2D eigenvalue weighted by Crippen LogP contribution is -2.05. The number of aromatic nitrogens is 2. The number of hydrogen-bond donors (Lipinski definition) is 1. The molecule has 4 nitrogen and oxygen atoms in total. The van der Waals surface area contributed by atoms with Gasteiger partial charge in [-0.15, -0.1) is 0 Å². The Bertz CT molecular complexity index is 527. The summed E-state index contributed by atoms with van der Waals surface area (Å²) in [7, 11) is 0. The summed E-state index contributed by atoms with van der Waals surface area (Å²) in [5, 5.41) is 3.81. The lowest BCUT2D eigenvalue weighted by atomic mass is 10.1. The molecule has 0 saturated carbocycles. The minimum absolute atomic E-state index is 0.0819. The molecule has 0 aliphatic heterocycles. The fourth-order valence-corrected chi connectivity index (χ4v) is 1.57. The van der Waals surface area contributed by atoms with Crippen LogP contribution in [0.1, 0.15) is 30.2 Å². The van der Waals surface area contributed by atoms with Crippen LogP contribution in [0.2, 0.25) is 5.02 Å². The molecule has 1 heterocycles. The maximum absolute atomic E-state index is 13.6. The van der Waals surface area contributed by atoms with E-state index in [1.54, 1.807) is 19.1 Å². The molecule has 0 aliphatic rings. The van der Waals surface area contributed by atoms with Gasteiger partial charge in [0, 0.05) is 6.42 Å². The molecule has 0 spiro atoms. The Morgan fingerprint density at radius 1 is 1.53 bits per heavy atom. The Morgan fingerprint density at radius 3 is 2.94 bits per heavy atom. The van der Waals surface area contributed by atoms with Crippen LogP contribution < -0.4 is 5.73 Å². The third kappa shape index (κ3) is 2.62. The zero-order chi connectivity index (χ0) is 12.4. The lowest BCUT2D eigenvalue weighted by Gasteiger charge is -2.00. The smallest absolute Gasteiger partial charge is 0.243 e. The van der Waals surface area contributed by atoms with Crippen molar-refractivity contribution in [3.8, 4) is 0 Å². The Labute approximate surface area is 103 Å². The van der Waals surface area contributed by atoms with Crippen LogP contribution in [0.25, 0.3) is 0 Å². The molecule has 0 amide bonds. The molecule has 1 atom stereocenters. The summed E-state index contributed by atoms with van der Waals surface area (Å²) in [6.45, 7) is 1.73. The van der Waals surface area contributed by atoms with Crippen molar-refractivity contribution in [1.29, 1.82) is 0 Å². The van der Waals surface area contributed by atoms with Crippen molar-refractivity contribution in [2.45, 2.75) is 19.4 Å². The minimum Gasteiger partial charge on any atom is -0.338 e. The van der Waals surface area contributed by atoms with Crippen LogP contribution in [-0.2, 0) is 6.42 Å². The summed E-state index contributed by atoms with van der Waals surface area (Å²) in [5.41, 5.74) is 6.01. The monoisotopic (exact) mass is 255 g/mol. The first-order chi connectivity index (χ1) is 8.08. The van der Waals surface area contributed by atoms with Gasteiger partial charge in [0.1, 0.15) is 5.82 Å². The molecule has 1 unspecified atom stereocenters. The normalized spacial score (nSPS) is 12.7. The van der Waals surface area contributed by atoms with Crippen molar-refractivity contribution < 1.29 is 8.91 Å². The molecule has 2 N–H and O–H groups in total. The van der Waals surface area contributed by atoms with Crippen molar-refractivity contribution >= 4 is 11.6 Å². The van der Waals surface area contributed by atoms with Crippen LogP contribution in [0, 0.1) is 5.82 Å². The van der Waals surface area contributed by atoms with E-state index in [2.05, 4.69) is 10.1 Å². The lowest BCUT2D eigenvalue weighted by molar-refractivity contribution is 0.357. The summed E-state index contributed by atoms with van der Waals surface area (Å²) in [4.78, 5) is 4.06. The van der Waals surface area contributed by atoms with E-state index >= 15 is 0 Å². The first kappa shape index (κ1) is 12.0. The van der Waals surface area contributed by atoms with Crippen molar-refractivity contribution in [3.05, 3.63) is 46.3 Å². The average molecular weight is 256 g/mol. The third-order valence-corrected chi connectivity index (χ3v) is 2.55. The molecule has 0 aliphatic carbocycles. The molecule has 90 valence electrons. The van der Waals surface area contributed by atoms with Crippen LogP contribution in [0.4, 0.5) is 4.39 Å². The highest BCUT2D eigenvalue weighted by Crippen LogP contribution is 2.20. The van der Waals surface area contributed by atoms with Gasteiger partial charge in [0.25, 0.3) is 0 Å². The molecule has 0 radical (unpaired) electrons. The highest BCUT2D eigenvalue weighted by Gasteiger charge is 2.13. The number of halogens is 2. The SMILES string of the molecule is CC(N)c1nc(Cc2cccc(Cl)c2F)no1. The van der Waals surface area contributed by atoms with Crippen LogP contribution >= 0.6 is 11.6 Å². The largest absolute Gasteiger partial charge is 0.338 e. The van der Waals surface area contributed by atoms with E-state index in [4.69, 9.17) is 21.9 Å². The number of rotatable bonds is 3. The van der Waals surface area contributed by atoms with Crippen molar-refractivity contribution in [2.75, 3.05) is 0 Å². The van der Waals surface area contributed by atoms with E-state index in [0.717, 1.165) is 0 Å². The summed E-state index contributed by atoms with van der Waals surface area (Å²) in [5.74, 6) is 0.266. The van der Waals surface area contributed by atoms with Crippen LogP contribution in [0.3, 0.4) is 0 Å². The average Bonchev–Trinajstić information content (AvgIpc) is 2.73. The van der Waals surface area contributed by atoms with E-state index in [1.807, 2.05) is 0 Å². The number of hydrogen-bond acceptors (Lipinski definition) is 4. The Balaban J connectivity index is 2.22. The molecule has 2 rings (SSSR count). The van der Waals surface area contributed by atoms with Gasteiger partial charge >= 0.3 is 0 Å². The van der Waals surface area contributed by atoms with Crippen molar-refractivity contribution in [3.63, 3.8) is 0 Å². The molecular weight excluding hydrogens is 245 g/mol. The Morgan fingerprint density at radius 2 is 2.29 bits per heavy atom. The van der Waals surface area contributed by atoms with Gasteiger partial charge in [0.05, 0.1) is 11.1 Å². The molecule has 17 heavy (non-hydrogen) atoms. The van der Waals surface area contributed by atoms with Gasteiger partial charge in [-0.25, -0.2) is 4.39 Å². The summed E-state index contributed by atoms with van der Waals surface area (Å²) in [6.07, 6.45) is 0.225. The fourth-order valence-electron chi connectivity index (χ4n) is 1.38. The second kappa shape index (κ2) is 4.81. The maximum atomic E-state index is 13.6. The van der Waals surface area contributed by atoms with Gasteiger partial charge in [-0.2, -0.15) is 4.98 Å². The van der Waals surface area contributed by atoms with E-state index in [0.29, 0.717) is 17.3 Å². The molecule has 6 heteroatoms. The van der Waals surface area contributed by atoms with E-state index in [-0.39, 0.29) is 17.5 Å². The number of benzene rings is 1. The van der Waals surface area contributed by atoms with Crippen molar-refractivity contribution in [1.82, 2.24) is 10.1 Å². The Kier molecular flexibility index (Phi) is 3.40. The van der Waals surface area contributed by atoms with Gasteiger partial charge in [-0.1, -0.05) is 28.9 Å². The number of nitrogens with zero attached hydrogens (tertiary/aromatic N) is 2. The van der Waals surface area contributed by atoms with Gasteiger partial charge in [-0.3, -0.25) is 0 Å². The van der Waals surface area contributed by atoms with Crippen LogP contribution in [0.15, 0.2) is 22.7 Å². The standard InChI is InChI=1S/C11H11ClFN3O/c1-6(14)11-15-9(16-17-11)5-7-3-2-4-8(12)10(7)13/h2-4,6H,5,14H2,1H3. The molecule has 1 aromatic heterocycles. The van der Waals surface area contributed by atoms with Gasteiger partial charge < -0.3 is 10.3 Å². The molecule has 0 fully saturated rings. The number of nitrogens with two attached hydrogens (primary N) is 1. The fraction of sp³-hybridized carbons (Fsp3) is 0.273. The predicted molar refractivity (Wildman–Crippen MR) is 61.1 cm³/mol. The topological polar surface area (TPSA) is 64.9 Å². The predicted octanol–water partition coefficient (Wildman–Crippen LogP) is 2.47.